The summed E-state index contributed by atoms with van der Waals surface area (Å²) in [6.07, 6.45) is 0. The van der Waals surface area contributed by atoms with Crippen molar-refractivity contribution in [3.05, 3.63) is 127 Å². The average Bonchev–Trinajstić information content (AvgIpc) is 3.41. The third-order valence-corrected chi connectivity index (χ3v) is 8.51. The van der Waals surface area contributed by atoms with Crippen molar-refractivity contribution in [3.63, 3.8) is 0 Å². The van der Waals surface area contributed by atoms with Gasteiger partial charge in [0.1, 0.15) is 12.1 Å². The van der Waals surface area contributed by atoms with E-state index < -0.39 is 0 Å². The minimum Gasteiger partial charge on any atom is -0.453 e. The topological polar surface area (TPSA) is 85.8 Å². The van der Waals surface area contributed by atoms with Gasteiger partial charge in [-0.15, -0.1) is 0 Å². The number of aromatic nitrogens is 2. The van der Waals surface area contributed by atoms with Crippen LogP contribution in [0.3, 0.4) is 0 Å². The zero-order valence-electron chi connectivity index (χ0n) is 23.1. The summed E-state index contributed by atoms with van der Waals surface area (Å²) in [4.78, 5) is 11.6. The van der Waals surface area contributed by atoms with Crippen molar-refractivity contribution in [2.24, 2.45) is 0 Å². The molecular formula is C38H19N5O. The molecule has 2 heterocycles. The van der Waals surface area contributed by atoms with Gasteiger partial charge in [0.2, 0.25) is 0 Å². The fourth-order valence-corrected chi connectivity index (χ4v) is 6.68. The summed E-state index contributed by atoms with van der Waals surface area (Å²) in [6.45, 7) is 0. The number of hydrogen-bond acceptors (Lipinski definition) is 6. The summed E-state index contributed by atoms with van der Waals surface area (Å²) in [6, 6.07) is 43.4. The molecule has 0 spiro atoms. The molecule has 0 radical (unpaired) electrons. The molecule has 0 fully saturated rings. The smallest absolute Gasteiger partial charge is 0.177 e. The molecular weight excluding hydrogens is 542 g/mol. The zero-order chi connectivity index (χ0) is 29.4. The number of rotatable bonds is 2. The van der Waals surface area contributed by atoms with Gasteiger partial charge in [-0.1, -0.05) is 84.9 Å². The first-order valence-electron chi connectivity index (χ1n) is 14.2. The van der Waals surface area contributed by atoms with Crippen LogP contribution in [0.5, 0.6) is 11.5 Å². The molecule has 0 amide bonds. The monoisotopic (exact) mass is 561 g/mol. The second-order valence-electron chi connectivity index (χ2n) is 10.8. The quantitative estimate of drug-likeness (QED) is 0.209. The number of anilines is 3. The van der Waals surface area contributed by atoms with E-state index in [9.17, 15) is 10.5 Å². The molecule has 9 rings (SSSR count). The van der Waals surface area contributed by atoms with Crippen LogP contribution in [0.1, 0.15) is 11.4 Å². The second-order valence-corrected chi connectivity index (χ2v) is 10.8. The molecule has 0 bridgehead atoms. The van der Waals surface area contributed by atoms with Crippen molar-refractivity contribution in [1.29, 1.82) is 10.5 Å². The third kappa shape index (κ3) is 3.22. The van der Waals surface area contributed by atoms with E-state index >= 15 is 0 Å². The predicted molar refractivity (Wildman–Crippen MR) is 171 cm³/mol. The first-order valence-corrected chi connectivity index (χ1v) is 14.2. The molecule has 2 aliphatic rings. The van der Waals surface area contributed by atoms with Crippen LogP contribution in [0.4, 0.5) is 17.1 Å². The van der Waals surface area contributed by atoms with Crippen LogP contribution < -0.4 is 9.64 Å². The van der Waals surface area contributed by atoms with Gasteiger partial charge in [0, 0.05) is 21.9 Å². The van der Waals surface area contributed by atoms with Gasteiger partial charge >= 0.3 is 0 Å². The number of nitrogens with zero attached hydrogens (tertiary/aromatic N) is 5. The van der Waals surface area contributed by atoms with Gasteiger partial charge < -0.3 is 9.64 Å². The normalized spacial score (nSPS) is 12.2. The van der Waals surface area contributed by atoms with Gasteiger partial charge in [0.15, 0.2) is 22.9 Å². The Hall–Kier alpha value is -6.50. The van der Waals surface area contributed by atoms with E-state index in [1.54, 1.807) is 0 Å². The lowest BCUT2D eigenvalue weighted by atomic mass is 9.90. The van der Waals surface area contributed by atoms with E-state index in [0.717, 1.165) is 72.4 Å². The Labute approximate surface area is 252 Å². The van der Waals surface area contributed by atoms with Crippen LogP contribution >= 0.6 is 0 Å². The Balaban J connectivity index is 1.33. The molecule has 0 atom stereocenters. The van der Waals surface area contributed by atoms with E-state index in [1.807, 2.05) is 54.6 Å². The summed E-state index contributed by atoms with van der Waals surface area (Å²) in [5, 5.41) is 23.7. The van der Waals surface area contributed by atoms with Gasteiger partial charge in [0.05, 0.1) is 28.5 Å². The van der Waals surface area contributed by atoms with Crippen molar-refractivity contribution in [2.75, 3.05) is 4.90 Å². The fourth-order valence-electron chi connectivity index (χ4n) is 6.68. The molecule has 0 saturated heterocycles. The average molecular weight is 562 g/mol. The Morgan fingerprint density at radius 2 is 1.16 bits per heavy atom. The summed E-state index contributed by atoms with van der Waals surface area (Å²) in [5.41, 5.74) is 8.22. The molecule has 1 aliphatic carbocycles. The molecule has 0 unspecified atom stereocenters. The van der Waals surface area contributed by atoms with Gasteiger partial charge in [-0.3, -0.25) is 0 Å². The molecule has 0 saturated carbocycles. The van der Waals surface area contributed by atoms with Crippen molar-refractivity contribution >= 4 is 38.6 Å². The Kier molecular flexibility index (Phi) is 4.93. The number of hydrogen-bond donors (Lipinski definition) is 0. The maximum Gasteiger partial charge on any atom is 0.177 e. The lowest BCUT2D eigenvalue weighted by Crippen LogP contribution is -2.16. The molecule has 7 aromatic rings. The van der Waals surface area contributed by atoms with Crippen molar-refractivity contribution in [1.82, 2.24) is 9.97 Å². The molecule has 6 nitrogen and oxygen atoms in total. The molecule has 202 valence electrons. The van der Waals surface area contributed by atoms with E-state index in [1.165, 1.54) is 0 Å². The van der Waals surface area contributed by atoms with Crippen molar-refractivity contribution < 1.29 is 4.74 Å². The number of ether oxygens (including phenoxy) is 1. The van der Waals surface area contributed by atoms with Crippen LogP contribution in [0.25, 0.3) is 55.2 Å². The minimum atomic E-state index is 0.0341. The number of fused-ring (bicyclic) bond motifs is 6. The standard InChI is InChI=1S/C38H19N5O/c39-20-28-29(21-40)42-38-36-26(17-16-22-8-7-11-27(35(22)36)37(38)41-28)24-18-19-30(25-10-2-1-9-23(24)25)43-31-12-3-5-14-33(31)44-34-15-6-4-13-32(34)43/h1-19H. The highest BCUT2D eigenvalue weighted by Gasteiger charge is 2.31. The number of benzene rings is 6. The number of para-hydroxylation sites is 4. The van der Waals surface area contributed by atoms with Crippen molar-refractivity contribution in [3.8, 4) is 57.3 Å². The van der Waals surface area contributed by atoms with E-state index in [4.69, 9.17) is 9.72 Å². The van der Waals surface area contributed by atoms with Crippen LogP contribution in [0.2, 0.25) is 0 Å². The largest absolute Gasteiger partial charge is 0.453 e. The van der Waals surface area contributed by atoms with Crippen LogP contribution in [0.15, 0.2) is 115 Å². The molecule has 1 aromatic heterocycles. The van der Waals surface area contributed by atoms with E-state index in [0.29, 0.717) is 11.4 Å². The lowest BCUT2D eigenvalue weighted by molar-refractivity contribution is 0.477. The summed E-state index contributed by atoms with van der Waals surface area (Å²) < 4.78 is 6.28. The van der Waals surface area contributed by atoms with Gasteiger partial charge in [-0.05, 0) is 52.2 Å². The predicted octanol–water partition coefficient (Wildman–Crippen LogP) is 9.42. The summed E-state index contributed by atoms with van der Waals surface area (Å²) in [7, 11) is 0. The zero-order valence-corrected chi connectivity index (χ0v) is 23.1. The Bertz CT molecular complexity index is 2420. The van der Waals surface area contributed by atoms with Gasteiger partial charge in [-0.25, -0.2) is 9.97 Å². The Morgan fingerprint density at radius 1 is 0.523 bits per heavy atom. The maximum absolute atomic E-state index is 9.80. The highest BCUT2D eigenvalue weighted by atomic mass is 16.5. The molecule has 6 heteroatoms. The highest BCUT2D eigenvalue weighted by Crippen LogP contribution is 2.54. The van der Waals surface area contributed by atoms with Crippen LogP contribution in [0, 0.1) is 22.7 Å². The second kappa shape index (κ2) is 9.00. The molecule has 1 aliphatic heterocycles. The lowest BCUT2D eigenvalue weighted by Gasteiger charge is -2.33. The number of nitriles is 2. The Morgan fingerprint density at radius 3 is 1.89 bits per heavy atom. The first-order chi connectivity index (χ1) is 21.7. The van der Waals surface area contributed by atoms with Crippen LogP contribution in [-0.2, 0) is 0 Å². The minimum absolute atomic E-state index is 0.0341. The summed E-state index contributed by atoms with van der Waals surface area (Å²) >= 11 is 0. The van der Waals surface area contributed by atoms with E-state index in [2.05, 4.69) is 82.7 Å². The fraction of sp³-hybridized carbons (Fsp3) is 0. The van der Waals surface area contributed by atoms with E-state index in [-0.39, 0.29) is 11.4 Å². The van der Waals surface area contributed by atoms with Crippen LogP contribution in [-0.4, -0.2) is 9.97 Å². The summed E-state index contributed by atoms with van der Waals surface area (Å²) in [5.74, 6) is 1.60. The third-order valence-electron chi connectivity index (χ3n) is 8.51. The SMILES string of the molecule is N#Cc1nc2c(nc1C#N)-c1c(-c3ccc(N4c5ccccc5Oc5ccccc54)c4ccccc34)ccc3cccc-2c13. The first kappa shape index (κ1) is 24.1. The molecule has 0 N–H and O–H groups in total. The van der Waals surface area contributed by atoms with Crippen molar-refractivity contribution in [2.45, 2.75) is 0 Å². The highest BCUT2D eigenvalue weighted by molar-refractivity contribution is 6.19. The maximum atomic E-state index is 9.80. The van der Waals surface area contributed by atoms with Gasteiger partial charge in [0.25, 0.3) is 0 Å². The van der Waals surface area contributed by atoms with Gasteiger partial charge in [-0.2, -0.15) is 10.5 Å². The molecule has 44 heavy (non-hydrogen) atoms. The molecule has 6 aromatic carbocycles.